The van der Waals surface area contributed by atoms with Gasteiger partial charge in [0.2, 0.25) is 5.79 Å². The zero-order valence-electron chi connectivity index (χ0n) is 24.9. The molecule has 2 heterocycles. The second kappa shape index (κ2) is 17.8. The molecule has 0 aliphatic carbocycles. The SMILES string of the molecule is C.COc1ccc(CN2CCCC(O)(O)C(F)(F)C2)cc1.COc1ccc(CN2CCCC(O)C(F)(F)C2)cc1.[B].[H-].[Na+]. The number of hydrogen-bond acceptors (Lipinski definition) is 7. The van der Waals surface area contributed by atoms with E-state index in [4.69, 9.17) is 9.47 Å². The van der Waals surface area contributed by atoms with E-state index >= 15 is 0 Å². The van der Waals surface area contributed by atoms with Crippen molar-refractivity contribution in [3.63, 3.8) is 0 Å². The van der Waals surface area contributed by atoms with Crippen molar-refractivity contribution in [1.82, 2.24) is 9.80 Å². The van der Waals surface area contributed by atoms with E-state index in [-0.39, 0.29) is 66.2 Å². The summed E-state index contributed by atoms with van der Waals surface area (Å²) < 4.78 is 64.8. The van der Waals surface area contributed by atoms with Gasteiger partial charge in [0, 0.05) is 27.9 Å². The molecule has 7 nitrogen and oxygen atoms in total. The molecule has 42 heavy (non-hydrogen) atoms. The van der Waals surface area contributed by atoms with Crippen LogP contribution < -0.4 is 39.0 Å². The number of nitrogens with zero attached hydrogens (tertiary/aromatic N) is 2. The summed E-state index contributed by atoms with van der Waals surface area (Å²) in [7, 11) is 3.15. The average molecular weight is 609 g/mol. The molecule has 0 amide bonds. The van der Waals surface area contributed by atoms with E-state index in [1.807, 2.05) is 36.4 Å². The van der Waals surface area contributed by atoms with Crippen LogP contribution in [0.3, 0.4) is 0 Å². The summed E-state index contributed by atoms with van der Waals surface area (Å²) in [5, 5.41) is 28.2. The Morgan fingerprint density at radius 3 is 1.69 bits per heavy atom. The van der Waals surface area contributed by atoms with E-state index in [2.05, 4.69) is 0 Å². The first-order valence-corrected chi connectivity index (χ1v) is 12.9. The quantitative estimate of drug-likeness (QED) is 0.259. The number of likely N-dealkylation sites (tertiary alicyclic amines) is 2. The topological polar surface area (TPSA) is 85.6 Å². The second-order valence-electron chi connectivity index (χ2n) is 10.2. The molecule has 1 atom stereocenters. The van der Waals surface area contributed by atoms with Crippen molar-refractivity contribution in [1.29, 1.82) is 0 Å². The summed E-state index contributed by atoms with van der Waals surface area (Å²) in [6, 6.07) is 14.6. The zero-order valence-corrected chi connectivity index (χ0v) is 25.9. The Kier molecular flexibility index (Phi) is 17.2. The van der Waals surface area contributed by atoms with Crippen molar-refractivity contribution >= 4 is 8.41 Å². The van der Waals surface area contributed by atoms with Gasteiger partial charge < -0.3 is 26.2 Å². The largest absolute Gasteiger partial charge is 1.00 e. The minimum absolute atomic E-state index is 0. The molecular formula is C29H43BF4N2NaO5. The first kappa shape index (κ1) is 40.6. The van der Waals surface area contributed by atoms with Crippen LogP contribution in [-0.2, 0) is 13.1 Å². The predicted octanol–water partition coefficient (Wildman–Crippen LogP) is 1.27. The Balaban J connectivity index is 0. The number of rotatable bonds is 6. The van der Waals surface area contributed by atoms with Gasteiger partial charge in [-0.3, -0.25) is 9.80 Å². The Labute approximate surface area is 272 Å². The fourth-order valence-corrected chi connectivity index (χ4v) is 4.67. The standard InChI is InChI=1S/C14H19F2NO3.C14H19F2NO2.CH4.B.Na.H/c1-20-12-5-3-11(4-6-12)9-17-8-2-7-14(18,19)13(15,16)10-17;1-19-12-6-4-11(5-7-12)9-17-8-2-3-13(18)14(15,16)10-17;;;;/h3-6,18-19H,2,7-10H2,1H3;4-7,13,18H,2-3,8-10H2,1H3;1H4;;;/q;;;;+1;-1. The van der Waals surface area contributed by atoms with Crippen molar-refractivity contribution in [2.45, 2.75) is 69.9 Å². The van der Waals surface area contributed by atoms with E-state index < -0.39 is 30.3 Å². The third-order valence-electron chi connectivity index (χ3n) is 7.01. The summed E-state index contributed by atoms with van der Waals surface area (Å²) >= 11 is 0. The summed E-state index contributed by atoms with van der Waals surface area (Å²) in [4.78, 5) is 3.23. The van der Waals surface area contributed by atoms with Crippen LogP contribution in [-0.4, -0.2) is 97.7 Å². The van der Waals surface area contributed by atoms with Crippen LogP contribution in [0, 0.1) is 0 Å². The van der Waals surface area contributed by atoms with Crippen LogP contribution >= 0.6 is 0 Å². The Hall–Kier alpha value is -1.38. The molecule has 4 rings (SSSR count). The van der Waals surface area contributed by atoms with E-state index in [0.29, 0.717) is 44.8 Å². The monoisotopic (exact) mass is 609 g/mol. The molecule has 1 unspecified atom stereocenters. The summed E-state index contributed by atoms with van der Waals surface area (Å²) in [5.41, 5.74) is 1.85. The summed E-state index contributed by atoms with van der Waals surface area (Å²) in [6.07, 6.45) is -0.773. The van der Waals surface area contributed by atoms with Crippen LogP contribution in [0.2, 0.25) is 0 Å². The number of halogens is 4. The van der Waals surface area contributed by atoms with Gasteiger partial charge in [-0.15, -0.1) is 0 Å². The molecule has 0 spiro atoms. The maximum Gasteiger partial charge on any atom is 1.00 e. The zero-order chi connectivity index (χ0) is 28.7. The fraction of sp³-hybridized carbons (Fsp3) is 0.586. The first-order valence-electron chi connectivity index (χ1n) is 12.9. The van der Waals surface area contributed by atoms with Gasteiger partial charge >= 0.3 is 35.5 Å². The number of hydrogen-bond donors (Lipinski definition) is 3. The van der Waals surface area contributed by atoms with E-state index in [0.717, 1.165) is 16.9 Å². The molecule has 0 saturated carbocycles. The normalized spacial score (nSPS) is 21.4. The Bertz CT molecular complexity index is 1040. The van der Waals surface area contributed by atoms with E-state index in [1.165, 1.54) is 4.90 Å². The molecule has 2 aliphatic rings. The number of aliphatic hydroxyl groups is 3. The molecule has 3 radical (unpaired) electrons. The first-order chi connectivity index (χ1) is 18.3. The minimum Gasteiger partial charge on any atom is -1.00 e. The van der Waals surface area contributed by atoms with Gasteiger partial charge in [0.15, 0.2) is 0 Å². The van der Waals surface area contributed by atoms with Gasteiger partial charge in [-0.1, -0.05) is 31.7 Å². The van der Waals surface area contributed by atoms with Crippen LogP contribution in [0.15, 0.2) is 48.5 Å². The molecule has 2 aliphatic heterocycles. The van der Waals surface area contributed by atoms with Crippen molar-refractivity contribution in [2.75, 3.05) is 40.4 Å². The van der Waals surface area contributed by atoms with Gasteiger partial charge in [-0.2, -0.15) is 8.78 Å². The maximum atomic E-state index is 13.8. The van der Waals surface area contributed by atoms with Crippen LogP contribution in [0.25, 0.3) is 0 Å². The molecule has 0 aromatic heterocycles. The average Bonchev–Trinajstić information content (AvgIpc) is 3.07. The number of alkyl halides is 4. The van der Waals surface area contributed by atoms with Gasteiger partial charge in [-0.05, 0) is 67.7 Å². The predicted molar refractivity (Wildman–Crippen MR) is 152 cm³/mol. The summed E-state index contributed by atoms with van der Waals surface area (Å²) in [6.45, 7) is 0.747. The smallest absolute Gasteiger partial charge is 1.00 e. The molecule has 2 aromatic rings. The van der Waals surface area contributed by atoms with Gasteiger partial charge in [-0.25, -0.2) is 8.78 Å². The molecule has 231 valence electrons. The van der Waals surface area contributed by atoms with Crippen molar-refractivity contribution in [2.24, 2.45) is 0 Å². The van der Waals surface area contributed by atoms with Gasteiger partial charge in [0.05, 0.1) is 27.3 Å². The molecule has 2 aromatic carbocycles. The number of benzene rings is 2. The molecule has 2 saturated heterocycles. The van der Waals surface area contributed by atoms with E-state index in [1.54, 1.807) is 31.3 Å². The maximum absolute atomic E-state index is 13.8. The van der Waals surface area contributed by atoms with Crippen LogP contribution in [0.5, 0.6) is 11.5 Å². The Morgan fingerprint density at radius 1 is 0.810 bits per heavy atom. The van der Waals surface area contributed by atoms with Crippen molar-refractivity contribution in [3.8, 4) is 11.5 Å². The number of aliphatic hydroxyl groups excluding tert-OH is 1. The molecule has 3 N–H and O–H groups in total. The van der Waals surface area contributed by atoms with Crippen LogP contribution in [0.1, 0.15) is 45.7 Å². The molecule has 13 heteroatoms. The van der Waals surface area contributed by atoms with Crippen molar-refractivity contribution in [3.05, 3.63) is 59.7 Å². The molecule has 2 fully saturated rings. The number of ether oxygens (including phenoxy) is 2. The third-order valence-corrected chi connectivity index (χ3v) is 7.01. The van der Waals surface area contributed by atoms with Gasteiger partial charge in [0.1, 0.15) is 17.6 Å². The molecule has 0 bridgehead atoms. The summed E-state index contributed by atoms with van der Waals surface area (Å²) in [5.74, 6) is -8.01. The van der Waals surface area contributed by atoms with Gasteiger partial charge in [0.25, 0.3) is 5.92 Å². The van der Waals surface area contributed by atoms with Crippen LogP contribution in [0.4, 0.5) is 17.6 Å². The minimum atomic E-state index is -3.53. The second-order valence-corrected chi connectivity index (χ2v) is 10.2. The van der Waals surface area contributed by atoms with E-state index in [9.17, 15) is 32.9 Å². The number of methoxy groups -OCH3 is 2. The van der Waals surface area contributed by atoms with Crippen molar-refractivity contribution < 1.29 is 73.3 Å². The Morgan fingerprint density at radius 2 is 1.24 bits per heavy atom. The fourth-order valence-electron chi connectivity index (χ4n) is 4.67. The third kappa shape index (κ3) is 11.6. The molecular weight excluding hydrogens is 566 g/mol.